The summed E-state index contributed by atoms with van der Waals surface area (Å²) in [7, 11) is -3.41. The van der Waals surface area contributed by atoms with Crippen molar-refractivity contribution in [2.24, 2.45) is 23.7 Å². The molecule has 2 aliphatic carbocycles. The maximum Gasteiger partial charge on any atom is 0.249 e. The average molecular weight is 892 g/mol. The summed E-state index contributed by atoms with van der Waals surface area (Å²) in [6.07, 6.45) is 11.9. The summed E-state index contributed by atoms with van der Waals surface area (Å²) in [6.45, 7) is 4.59. The van der Waals surface area contributed by atoms with E-state index in [0.717, 1.165) is 49.5 Å². The molecule has 7 unspecified atom stereocenters. The number of nitrogens with zero attached hydrogens (tertiary/aromatic N) is 4. The highest BCUT2D eigenvalue weighted by Crippen LogP contribution is 2.41. The SMILES string of the molecule is CS(=O)(=O)N1CCC(C(=O)N[C@@H](CCCCNC(=O)CCN2CCN(C3CCC4C(=O)N(C5CCC(=O)NC5=O)C(=O)C4C3)CC2)C(=O)NC2NC(C3CCCCC3)CS2)C1. The molecule has 20 heteroatoms. The van der Waals surface area contributed by atoms with Crippen LogP contribution in [0.15, 0.2) is 0 Å². The third-order valence-electron chi connectivity index (χ3n) is 14.2. The number of carbonyl (C=O) groups excluding carboxylic acids is 7. The van der Waals surface area contributed by atoms with Crippen molar-refractivity contribution < 1.29 is 42.0 Å². The molecule has 5 saturated heterocycles. The number of piperidine rings is 1. The Labute approximate surface area is 363 Å². The fourth-order valence-corrected chi connectivity index (χ4v) is 12.7. The van der Waals surface area contributed by atoms with Crippen LogP contribution in [0.1, 0.15) is 96.3 Å². The van der Waals surface area contributed by atoms with Crippen LogP contribution in [0.25, 0.3) is 0 Å². The maximum absolute atomic E-state index is 13.6. The standard InChI is InChI=1S/C41H65N9O9S2/c1-61(58,59)49-18-14-27(24-49)36(53)43-31(37(54)46-41-44-32(25-60-41)26-7-3-2-4-8-26)9-5-6-16-42-34(51)15-17-47-19-21-48(22-20-47)28-10-11-29-30(23-28)40(57)50(39(29)56)33-12-13-35(52)45-38(33)55/h26-33,41,44H,2-25H2,1H3,(H,42,51)(H,43,53)(H,46,54)(H,45,52,55)/t27?,28?,29?,30?,31-,32?,33?,41?/m0/s1. The second kappa shape index (κ2) is 20.6. The van der Waals surface area contributed by atoms with Gasteiger partial charge < -0.3 is 20.9 Å². The Morgan fingerprint density at radius 1 is 0.885 bits per heavy atom. The largest absolute Gasteiger partial charge is 0.356 e. The Morgan fingerprint density at radius 2 is 1.64 bits per heavy atom. The van der Waals surface area contributed by atoms with E-state index >= 15 is 0 Å². The Bertz CT molecular complexity index is 1770. The van der Waals surface area contributed by atoms with E-state index in [-0.39, 0.29) is 72.9 Å². The highest BCUT2D eigenvalue weighted by Gasteiger charge is 2.54. The molecule has 5 N–H and O–H groups in total. The quantitative estimate of drug-likeness (QED) is 0.0992. The zero-order chi connectivity index (χ0) is 43.3. The number of amides is 7. The summed E-state index contributed by atoms with van der Waals surface area (Å²) < 4.78 is 25.4. The van der Waals surface area contributed by atoms with Crippen molar-refractivity contribution in [1.82, 2.24) is 45.6 Å². The lowest BCUT2D eigenvalue weighted by Gasteiger charge is -2.42. The predicted molar refractivity (Wildman–Crippen MR) is 226 cm³/mol. The first-order valence-corrected chi connectivity index (χ1v) is 25.5. The minimum Gasteiger partial charge on any atom is -0.356 e. The van der Waals surface area contributed by atoms with Gasteiger partial charge in [0, 0.05) is 83.0 Å². The minimum absolute atomic E-state index is 0.0538. The zero-order valence-electron chi connectivity index (χ0n) is 35.4. The Balaban J connectivity index is 0.804. The van der Waals surface area contributed by atoms with Crippen LogP contribution in [0.2, 0.25) is 0 Å². The number of piperazine rings is 1. The number of rotatable bonds is 16. The molecule has 18 nitrogen and oxygen atoms in total. The highest BCUT2D eigenvalue weighted by atomic mass is 32.2. The number of hydrogen-bond acceptors (Lipinski definition) is 13. The lowest BCUT2D eigenvalue weighted by Crippen LogP contribution is -2.54. The molecule has 7 fully saturated rings. The van der Waals surface area contributed by atoms with Crippen LogP contribution in [0, 0.1) is 23.7 Å². The molecule has 0 bridgehead atoms. The third-order valence-corrected chi connectivity index (χ3v) is 16.6. The molecule has 0 aromatic carbocycles. The molecule has 2 saturated carbocycles. The van der Waals surface area contributed by atoms with Gasteiger partial charge in [0.15, 0.2) is 0 Å². The number of likely N-dealkylation sites (tertiary alicyclic amines) is 1. The van der Waals surface area contributed by atoms with Crippen molar-refractivity contribution in [2.45, 2.75) is 126 Å². The van der Waals surface area contributed by atoms with Crippen molar-refractivity contribution >= 4 is 63.1 Å². The van der Waals surface area contributed by atoms with Crippen LogP contribution < -0.4 is 26.6 Å². The molecule has 5 heterocycles. The number of fused-ring (bicyclic) bond motifs is 1. The summed E-state index contributed by atoms with van der Waals surface area (Å²) in [4.78, 5) is 96.3. The minimum atomic E-state index is -3.41. The van der Waals surface area contributed by atoms with Gasteiger partial charge in [-0.2, -0.15) is 0 Å². The highest BCUT2D eigenvalue weighted by molar-refractivity contribution is 8.00. The number of carbonyl (C=O) groups is 7. The van der Waals surface area contributed by atoms with Crippen LogP contribution in [0.3, 0.4) is 0 Å². The summed E-state index contributed by atoms with van der Waals surface area (Å²) in [5, 5.41) is 14.9. The Kier molecular flexibility index (Phi) is 15.4. The van der Waals surface area contributed by atoms with Crippen molar-refractivity contribution in [3.63, 3.8) is 0 Å². The van der Waals surface area contributed by atoms with E-state index in [0.29, 0.717) is 70.0 Å². The van der Waals surface area contributed by atoms with E-state index in [9.17, 15) is 42.0 Å². The first kappa shape index (κ1) is 45.8. The first-order valence-electron chi connectivity index (χ1n) is 22.6. The molecule has 61 heavy (non-hydrogen) atoms. The fraction of sp³-hybridized carbons (Fsp3) is 0.829. The summed E-state index contributed by atoms with van der Waals surface area (Å²) in [5.74, 6) is -2.02. The molecule has 0 spiro atoms. The first-order chi connectivity index (χ1) is 29.2. The molecular formula is C41H65N9O9S2. The van der Waals surface area contributed by atoms with Crippen LogP contribution >= 0.6 is 11.8 Å². The number of thioether (sulfide) groups is 1. The average Bonchev–Trinajstić information content (AvgIpc) is 3.99. The van der Waals surface area contributed by atoms with Gasteiger partial charge in [-0.05, 0) is 70.1 Å². The second-order valence-corrected chi connectivity index (χ2v) is 21.3. The molecule has 5 aliphatic heterocycles. The summed E-state index contributed by atoms with van der Waals surface area (Å²) in [5.41, 5.74) is -0.238. The third kappa shape index (κ3) is 11.5. The van der Waals surface area contributed by atoms with Crippen molar-refractivity contribution in [3.05, 3.63) is 0 Å². The van der Waals surface area contributed by atoms with E-state index in [4.69, 9.17) is 0 Å². The van der Waals surface area contributed by atoms with Crippen LogP contribution in [0.5, 0.6) is 0 Å². The number of unbranched alkanes of at least 4 members (excludes halogenated alkanes) is 1. The molecule has 0 radical (unpaired) electrons. The predicted octanol–water partition coefficient (Wildman–Crippen LogP) is -0.309. The monoisotopic (exact) mass is 891 g/mol. The number of nitrogens with one attached hydrogen (secondary N) is 5. The summed E-state index contributed by atoms with van der Waals surface area (Å²) in [6, 6.07) is -1.18. The zero-order valence-corrected chi connectivity index (χ0v) is 37.1. The maximum atomic E-state index is 13.6. The van der Waals surface area contributed by atoms with Gasteiger partial charge in [0.05, 0.1) is 24.0 Å². The molecular weight excluding hydrogens is 827 g/mol. The van der Waals surface area contributed by atoms with Crippen LogP contribution in [-0.2, 0) is 43.6 Å². The van der Waals surface area contributed by atoms with Crippen molar-refractivity contribution in [1.29, 1.82) is 0 Å². The Hall–Kier alpha value is -3.17. The molecule has 0 aromatic heterocycles. The molecule has 340 valence electrons. The van der Waals surface area contributed by atoms with Gasteiger partial charge in [0.1, 0.15) is 17.6 Å². The van der Waals surface area contributed by atoms with Gasteiger partial charge >= 0.3 is 0 Å². The molecule has 8 atom stereocenters. The van der Waals surface area contributed by atoms with E-state index in [1.807, 2.05) is 0 Å². The normalized spacial score (nSPS) is 31.5. The number of hydrogen-bond donors (Lipinski definition) is 5. The smallest absolute Gasteiger partial charge is 0.249 e. The molecule has 0 aromatic rings. The van der Waals surface area contributed by atoms with Gasteiger partial charge in [-0.15, -0.1) is 11.8 Å². The molecule has 7 rings (SSSR count). The van der Waals surface area contributed by atoms with Gasteiger partial charge in [0.25, 0.3) is 0 Å². The summed E-state index contributed by atoms with van der Waals surface area (Å²) >= 11 is 1.68. The van der Waals surface area contributed by atoms with E-state index < -0.39 is 45.8 Å². The number of sulfonamides is 1. The lowest BCUT2D eigenvalue weighted by atomic mass is 9.78. The topological polar surface area (TPSA) is 227 Å². The van der Waals surface area contributed by atoms with Crippen molar-refractivity contribution in [3.8, 4) is 0 Å². The van der Waals surface area contributed by atoms with Gasteiger partial charge in [-0.25, -0.2) is 12.7 Å². The van der Waals surface area contributed by atoms with E-state index in [2.05, 4.69) is 36.4 Å². The van der Waals surface area contributed by atoms with E-state index in [1.165, 1.54) is 36.4 Å². The van der Waals surface area contributed by atoms with Crippen LogP contribution in [-0.4, -0.2) is 163 Å². The lowest BCUT2D eigenvalue weighted by molar-refractivity contribution is -0.151. The van der Waals surface area contributed by atoms with Gasteiger partial charge in [0.2, 0.25) is 51.4 Å². The second-order valence-electron chi connectivity index (χ2n) is 18.2. The van der Waals surface area contributed by atoms with Gasteiger partial charge in [-0.3, -0.25) is 54.0 Å². The fourth-order valence-electron chi connectivity index (χ4n) is 10.6. The number of imide groups is 2. The van der Waals surface area contributed by atoms with Gasteiger partial charge in [-0.1, -0.05) is 19.3 Å². The Morgan fingerprint density at radius 3 is 2.36 bits per heavy atom. The van der Waals surface area contributed by atoms with Crippen LogP contribution in [0.4, 0.5) is 0 Å². The van der Waals surface area contributed by atoms with Crippen molar-refractivity contribution in [2.75, 3.05) is 64.4 Å². The van der Waals surface area contributed by atoms with E-state index in [1.54, 1.807) is 11.8 Å². The molecule has 7 amide bonds. The molecule has 7 aliphatic rings.